The molecule has 0 saturated carbocycles. The number of piperazine rings is 1. The number of amides is 1. The van der Waals surface area contributed by atoms with E-state index in [1.54, 1.807) is 7.05 Å². The van der Waals surface area contributed by atoms with Crippen LogP contribution >= 0.6 is 0 Å². The molecule has 0 aromatic heterocycles. The number of carbonyl (C=O) groups excluding carboxylic acids is 1. The van der Waals surface area contributed by atoms with Gasteiger partial charge in [-0.3, -0.25) is 4.79 Å². The van der Waals surface area contributed by atoms with E-state index in [1.165, 1.54) is 23.4 Å². The molecular weight excluding hydrogens is 298 g/mol. The third-order valence-corrected chi connectivity index (χ3v) is 5.29. The SMILES string of the molecule is CNC(=O)c1ccc(N2C[C@@H]3C[C@H]2CN3c2ccc(C)cc2)cc1. The lowest BCUT2D eigenvalue weighted by molar-refractivity contribution is 0.0963. The second-order valence-electron chi connectivity index (χ2n) is 6.81. The zero-order chi connectivity index (χ0) is 16.7. The summed E-state index contributed by atoms with van der Waals surface area (Å²) < 4.78 is 0. The van der Waals surface area contributed by atoms with Crippen LogP contribution in [-0.2, 0) is 0 Å². The van der Waals surface area contributed by atoms with Gasteiger partial charge in [-0.05, 0) is 49.7 Å². The Bertz CT molecular complexity index is 738. The lowest BCUT2D eigenvalue weighted by Gasteiger charge is -2.37. The number of carbonyl (C=O) groups is 1. The molecule has 1 N–H and O–H groups in total. The molecule has 24 heavy (non-hydrogen) atoms. The van der Waals surface area contributed by atoms with Crippen LogP contribution in [0.4, 0.5) is 11.4 Å². The van der Waals surface area contributed by atoms with Crippen LogP contribution in [0.15, 0.2) is 48.5 Å². The Hall–Kier alpha value is -2.49. The van der Waals surface area contributed by atoms with E-state index in [0.29, 0.717) is 17.6 Å². The monoisotopic (exact) mass is 321 g/mol. The second-order valence-corrected chi connectivity index (χ2v) is 6.81. The highest BCUT2D eigenvalue weighted by atomic mass is 16.1. The van der Waals surface area contributed by atoms with Gasteiger partial charge in [0.25, 0.3) is 5.91 Å². The Morgan fingerprint density at radius 1 is 0.917 bits per heavy atom. The number of fused-ring (bicyclic) bond motifs is 2. The summed E-state index contributed by atoms with van der Waals surface area (Å²) in [6.45, 7) is 4.26. The molecule has 0 radical (unpaired) electrons. The lowest BCUT2D eigenvalue weighted by atomic mass is 10.1. The molecule has 0 aliphatic carbocycles. The van der Waals surface area contributed by atoms with Gasteiger partial charge in [-0.2, -0.15) is 0 Å². The number of rotatable bonds is 3. The minimum atomic E-state index is -0.0324. The zero-order valence-electron chi connectivity index (χ0n) is 14.2. The highest BCUT2D eigenvalue weighted by Gasteiger charge is 2.43. The Balaban J connectivity index is 1.48. The Labute approximate surface area is 143 Å². The number of nitrogens with zero attached hydrogens (tertiary/aromatic N) is 2. The number of nitrogens with one attached hydrogen (secondary N) is 1. The molecule has 4 heteroatoms. The maximum Gasteiger partial charge on any atom is 0.251 e. The fourth-order valence-corrected chi connectivity index (χ4v) is 3.98. The summed E-state index contributed by atoms with van der Waals surface area (Å²) in [5.41, 5.74) is 4.58. The van der Waals surface area contributed by atoms with Crippen LogP contribution in [0.2, 0.25) is 0 Å². The highest BCUT2D eigenvalue weighted by Crippen LogP contribution is 2.37. The Morgan fingerprint density at radius 2 is 1.42 bits per heavy atom. The lowest BCUT2D eigenvalue weighted by Crippen LogP contribution is -2.46. The van der Waals surface area contributed by atoms with Crippen LogP contribution in [0.1, 0.15) is 22.3 Å². The van der Waals surface area contributed by atoms with E-state index in [-0.39, 0.29) is 5.91 Å². The maximum absolute atomic E-state index is 11.7. The van der Waals surface area contributed by atoms with Gasteiger partial charge >= 0.3 is 0 Å². The summed E-state index contributed by atoms with van der Waals surface area (Å²) in [4.78, 5) is 16.7. The topological polar surface area (TPSA) is 35.6 Å². The first-order chi connectivity index (χ1) is 11.7. The van der Waals surface area contributed by atoms with Gasteiger partial charge in [0.05, 0.1) is 0 Å². The first-order valence-electron chi connectivity index (χ1n) is 8.58. The van der Waals surface area contributed by atoms with Crippen LogP contribution in [0.5, 0.6) is 0 Å². The van der Waals surface area contributed by atoms with Crippen LogP contribution in [0.3, 0.4) is 0 Å². The normalized spacial score (nSPS) is 22.1. The number of hydrogen-bond acceptors (Lipinski definition) is 3. The van der Waals surface area contributed by atoms with Crippen molar-refractivity contribution in [3.05, 3.63) is 59.7 Å². The number of aryl methyl sites for hydroxylation is 1. The number of benzene rings is 2. The fourth-order valence-electron chi connectivity index (χ4n) is 3.98. The molecule has 2 aliphatic rings. The quantitative estimate of drug-likeness (QED) is 0.944. The molecule has 2 heterocycles. The molecule has 4 rings (SSSR count). The van der Waals surface area contributed by atoms with E-state index < -0.39 is 0 Å². The third-order valence-electron chi connectivity index (χ3n) is 5.29. The molecule has 1 amide bonds. The van der Waals surface area contributed by atoms with Crippen LogP contribution in [0, 0.1) is 6.92 Å². The molecule has 0 spiro atoms. The van der Waals surface area contributed by atoms with E-state index in [0.717, 1.165) is 13.1 Å². The van der Waals surface area contributed by atoms with Gasteiger partial charge in [-0.25, -0.2) is 0 Å². The molecule has 124 valence electrons. The molecule has 2 aromatic rings. The summed E-state index contributed by atoms with van der Waals surface area (Å²) in [6.07, 6.45) is 1.21. The van der Waals surface area contributed by atoms with Gasteiger partial charge in [0.1, 0.15) is 0 Å². The number of anilines is 2. The van der Waals surface area contributed by atoms with Crippen molar-refractivity contribution < 1.29 is 4.79 Å². The van der Waals surface area contributed by atoms with Crippen molar-refractivity contribution in [3.63, 3.8) is 0 Å². The Morgan fingerprint density at radius 3 is 1.88 bits per heavy atom. The average molecular weight is 321 g/mol. The summed E-state index contributed by atoms with van der Waals surface area (Å²) >= 11 is 0. The van der Waals surface area contributed by atoms with Gasteiger partial charge in [0, 0.05) is 49.2 Å². The fraction of sp³-hybridized carbons (Fsp3) is 0.350. The molecule has 0 unspecified atom stereocenters. The minimum absolute atomic E-state index is 0.0324. The summed E-state index contributed by atoms with van der Waals surface area (Å²) in [5, 5.41) is 2.67. The van der Waals surface area contributed by atoms with E-state index in [2.05, 4.69) is 58.4 Å². The van der Waals surface area contributed by atoms with Gasteiger partial charge in [-0.15, -0.1) is 0 Å². The van der Waals surface area contributed by atoms with E-state index in [9.17, 15) is 4.79 Å². The summed E-state index contributed by atoms with van der Waals surface area (Å²) in [6, 6.07) is 18.0. The van der Waals surface area contributed by atoms with Gasteiger partial charge in [0.15, 0.2) is 0 Å². The maximum atomic E-state index is 11.7. The molecule has 2 aliphatic heterocycles. The molecule has 2 aromatic carbocycles. The largest absolute Gasteiger partial charge is 0.365 e. The molecule has 2 fully saturated rings. The number of hydrogen-bond donors (Lipinski definition) is 1. The van der Waals surface area contributed by atoms with Crippen LogP contribution in [0.25, 0.3) is 0 Å². The second kappa shape index (κ2) is 5.86. The first-order valence-corrected chi connectivity index (χ1v) is 8.58. The molecular formula is C20H23N3O. The van der Waals surface area contributed by atoms with E-state index in [4.69, 9.17) is 0 Å². The van der Waals surface area contributed by atoms with Crippen LogP contribution in [-0.4, -0.2) is 38.1 Å². The van der Waals surface area contributed by atoms with Gasteiger partial charge < -0.3 is 15.1 Å². The predicted octanol–water partition coefficient (Wildman–Crippen LogP) is 2.82. The zero-order valence-corrected chi connectivity index (χ0v) is 14.2. The van der Waals surface area contributed by atoms with E-state index in [1.807, 2.05) is 12.1 Å². The van der Waals surface area contributed by atoms with Crippen molar-refractivity contribution in [1.29, 1.82) is 0 Å². The van der Waals surface area contributed by atoms with Crippen LogP contribution < -0.4 is 15.1 Å². The minimum Gasteiger partial charge on any atom is -0.365 e. The highest BCUT2D eigenvalue weighted by molar-refractivity contribution is 5.94. The van der Waals surface area contributed by atoms with Crippen molar-refractivity contribution in [3.8, 4) is 0 Å². The van der Waals surface area contributed by atoms with Gasteiger partial charge in [0.2, 0.25) is 0 Å². The van der Waals surface area contributed by atoms with Gasteiger partial charge in [-0.1, -0.05) is 17.7 Å². The molecule has 2 bridgehead atoms. The molecule has 4 nitrogen and oxygen atoms in total. The summed E-state index contributed by atoms with van der Waals surface area (Å²) in [7, 11) is 1.66. The van der Waals surface area contributed by atoms with Crippen molar-refractivity contribution in [2.75, 3.05) is 29.9 Å². The predicted molar refractivity (Wildman–Crippen MR) is 97.9 cm³/mol. The Kier molecular flexibility index (Phi) is 3.68. The smallest absolute Gasteiger partial charge is 0.251 e. The third kappa shape index (κ3) is 2.52. The van der Waals surface area contributed by atoms with Crippen molar-refractivity contribution in [2.24, 2.45) is 0 Å². The average Bonchev–Trinajstić information content (AvgIpc) is 3.22. The molecule has 2 atom stereocenters. The summed E-state index contributed by atoms with van der Waals surface area (Å²) in [5.74, 6) is -0.0324. The standard InChI is InChI=1S/C20H23N3O/c1-14-3-7-16(8-4-14)22-12-19-11-18(22)13-23(19)17-9-5-15(6-10-17)20(24)21-2/h3-10,18-19H,11-13H2,1-2H3,(H,21,24)/t18-,19-/m0/s1. The molecule has 2 saturated heterocycles. The first kappa shape index (κ1) is 15.1. The van der Waals surface area contributed by atoms with E-state index >= 15 is 0 Å². The van der Waals surface area contributed by atoms with Crippen molar-refractivity contribution >= 4 is 17.3 Å². The van der Waals surface area contributed by atoms with Crippen molar-refractivity contribution in [1.82, 2.24) is 5.32 Å². The van der Waals surface area contributed by atoms with Crippen molar-refractivity contribution in [2.45, 2.75) is 25.4 Å².